The number of aryl methyl sites for hydroxylation is 1. The normalized spacial score (nSPS) is 17.5. The molecule has 0 bridgehead atoms. The zero-order valence-corrected chi connectivity index (χ0v) is 16.7. The topological polar surface area (TPSA) is 95.7 Å². The van der Waals surface area contributed by atoms with E-state index in [-0.39, 0.29) is 17.6 Å². The second-order valence-electron chi connectivity index (χ2n) is 7.91. The highest BCUT2D eigenvalue weighted by molar-refractivity contribution is 5.93. The number of aliphatic hydroxyl groups is 1. The van der Waals surface area contributed by atoms with Gasteiger partial charge >= 0.3 is 0 Å². The zero-order valence-electron chi connectivity index (χ0n) is 16.7. The minimum absolute atomic E-state index is 0.180. The fourth-order valence-electron chi connectivity index (χ4n) is 3.55. The largest absolute Gasteiger partial charge is 0.393 e. The van der Waals surface area contributed by atoms with E-state index >= 15 is 0 Å². The Bertz CT molecular complexity index is 851. The molecule has 7 heteroatoms. The number of rotatable bonds is 6. The first kappa shape index (κ1) is 20.1. The molecule has 28 heavy (non-hydrogen) atoms. The predicted octanol–water partition coefficient (Wildman–Crippen LogP) is 2.39. The highest BCUT2D eigenvalue weighted by Gasteiger charge is 2.44. The van der Waals surface area contributed by atoms with Crippen LogP contribution in [0.15, 0.2) is 34.9 Å². The number of carbonyl (C=O) groups excluding carboxylic acids is 2. The van der Waals surface area contributed by atoms with Gasteiger partial charge in [0.1, 0.15) is 5.69 Å². The number of hydrogen-bond donors (Lipinski definition) is 2. The van der Waals surface area contributed by atoms with Crippen molar-refractivity contribution in [2.45, 2.75) is 45.8 Å². The van der Waals surface area contributed by atoms with Gasteiger partial charge in [0.2, 0.25) is 11.7 Å². The standard InChI is InChI=1S/C21H27N3O4/c1-5-16(14(3)25)19(26)22-21(4)11-24(12-21)20(27)18-10-17(23-28-18)15-8-6-13(2)7-9-15/h6-10,14,16,25H,5,11-12H2,1-4H3,(H,22,26). The third-order valence-corrected chi connectivity index (χ3v) is 5.22. The lowest BCUT2D eigenvalue weighted by Crippen LogP contribution is -2.70. The van der Waals surface area contributed by atoms with Crippen LogP contribution in [-0.2, 0) is 4.79 Å². The molecule has 2 heterocycles. The highest BCUT2D eigenvalue weighted by Crippen LogP contribution is 2.26. The number of nitrogens with zero attached hydrogens (tertiary/aromatic N) is 2. The first-order valence-corrected chi connectivity index (χ1v) is 9.55. The molecule has 1 aliphatic heterocycles. The van der Waals surface area contributed by atoms with Crippen molar-refractivity contribution in [3.63, 3.8) is 0 Å². The van der Waals surface area contributed by atoms with E-state index in [2.05, 4.69) is 10.5 Å². The predicted molar refractivity (Wildman–Crippen MR) is 105 cm³/mol. The van der Waals surface area contributed by atoms with Crippen LogP contribution in [0.25, 0.3) is 11.3 Å². The second-order valence-corrected chi connectivity index (χ2v) is 7.91. The Morgan fingerprint density at radius 2 is 1.96 bits per heavy atom. The van der Waals surface area contributed by atoms with Crippen LogP contribution in [0.2, 0.25) is 0 Å². The van der Waals surface area contributed by atoms with E-state index in [1.807, 2.05) is 45.0 Å². The molecular weight excluding hydrogens is 358 g/mol. The summed E-state index contributed by atoms with van der Waals surface area (Å²) >= 11 is 0. The van der Waals surface area contributed by atoms with Gasteiger partial charge in [-0.3, -0.25) is 9.59 Å². The maximum absolute atomic E-state index is 12.6. The number of likely N-dealkylation sites (tertiary alicyclic amines) is 1. The van der Waals surface area contributed by atoms with Gasteiger partial charge < -0.3 is 19.8 Å². The molecule has 2 aromatic rings. The van der Waals surface area contributed by atoms with Gasteiger partial charge in [-0.1, -0.05) is 41.9 Å². The first-order chi connectivity index (χ1) is 13.2. The summed E-state index contributed by atoms with van der Waals surface area (Å²) in [6, 6.07) is 9.47. The molecule has 0 saturated carbocycles. The molecule has 1 saturated heterocycles. The molecule has 0 aliphatic carbocycles. The van der Waals surface area contributed by atoms with Crippen molar-refractivity contribution in [1.82, 2.24) is 15.4 Å². The van der Waals surface area contributed by atoms with Gasteiger partial charge in [0, 0.05) is 24.7 Å². The van der Waals surface area contributed by atoms with Crippen LogP contribution in [0.3, 0.4) is 0 Å². The fourth-order valence-corrected chi connectivity index (χ4v) is 3.55. The van der Waals surface area contributed by atoms with E-state index < -0.39 is 17.6 Å². The van der Waals surface area contributed by atoms with Crippen LogP contribution < -0.4 is 5.32 Å². The van der Waals surface area contributed by atoms with E-state index in [0.717, 1.165) is 11.1 Å². The van der Waals surface area contributed by atoms with E-state index in [0.29, 0.717) is 25.2 Å². The minimum atomic E-state index is -0.708. The van der Waals surface area contributed by atoms with Crippen molar-refractivity contribution in [1.29, 1.82) is 0 Å². The van der Waals surface area contributed by atoms with E-state index in [9.17, 15) is 14.7 Å². The molecule has 2 unspecified atom stereocenters. The Labute approximate surface area is 164 Å². The molecule has 2 N–H and O–H groups in total. The molecule has 1 aromatic heterocycles. The van der Waals surface area contributed by atoms with Crippen LogP contribution >= 0.6 is 0 Å². The summed E-state index contributed by atoms with van der Waals surface area (Å²) in [6.45, 7) is 8.14. The summed E-state index contributed by atoms with van der Waals surface area (Å²) in [5, 5.41) is 16.7. The van der Waals surface area contributed by atoms with E-state index in [1.165, 1.54) is 0 Å². The Balaban J connectivity index is 1.60. The van der Waals surface area contributed by atoms with Gasteiger partial charge in [-0.15, -0.1) is 0 Å². The minimum Gasteiger partial charge on any atom is -0.393 e. The number of amides is 2. The summed E-state index contributed by atoms with van der Waals surface area (Å²) in [5.41, 5.74) is 2.14. The van der Waals surface area contributed by atoms with Gasteiger partial charge in [-0.2, -0.15) is 0 Å². The summed E-state index contributed by atoms with van der Waals surface area (Å²) in [6.07, 6.45) is -0.150. The summed E-state index contributed by atoms with van der Waals surface area (Å²) in [4.78, 5) is 26.6. The second kappa shape index (κ2) is 7.75. The summed E-state index contributed by atoms with van der Waals surface area (Å²) < 4.78 is 5.24. The molecular formula is C21H27N3O4. The molecule has 1 aromatic carbocycles. The van der Waals surface area contributed by atoms with E-state index in [4.69, 9.17) is 4.52 Å². The number of benzene rings is 1. The quantitative estimate of drug-likeness (QED) is 0.796. The molecule has 0 radical (unpaired) electrons. The third-order valence-electron chi connectivity index (χ3n) is 5.22. The Kier molecular flexibility index (Phi) is 5.56. The van der Waals surface area contributed by atoms with Gasteiger partial charge in [0.25, 0.3) is 5.91 Å². The Morgan fingerprint density at radius 3 is 2.54 bits per heavy atom. The third kappa shape index (κ3) is 4.09. The van der Waals surface area contributed by atoms with E-state index in [1.54, 1.807) is 17.9 Å². The highest BCUT2D eigenvalue weighted by atomic mass is 16.5. The number of aliphatic hydroxyl groups excluding tert-OH is 1. The van der Waals surface area contributed by atoms with Gasteiger partial charge in [0.15, 0.2) is 0 Å². The first-order valence-electron chi connectivity index (χ1n) is 9.55. The molecule has 1 aliphatic rings. The van der Waals surface area contributed by atoms with Crippen molar-refractivity contribution >= 4 is 11.8 Å². The molecule has 1 fully saturated rings. The average Bonchev–Trinajstić information content (AvgIpc) is 3.09. The molecule has 7 nitrogen and oxygen atoms in total. The molecule has 3 rings (SSSR count). The monoisotopic (exact) mass is 385 g/mol. The molecule has 0 spiro atoms. The lowest BCUT2D eigenvalue weighted by molar-refractivity contribution is -0.132. The number of hydrogen-bond acceptors (Lipinski definition) is 5. The van der Waals surface area contributed by atoms with Crippen LogP contribution in [-0.4, -0.2) is 51.7 Å². The summed E-state index contributed by atoms with van der Waals surface area (Å²) in [7, 11) is 0. The number of carbonyl (C=O) groups is 2. The molecule has 2 atom stereocenters. The van der Waals surface area contributed by atoms with Gasteiger partial charge in [0.05, 0.1) is 17.6 Å². The van der Waals surface area contributed by atoms with Gasteiger partial charge in [-0.05, 0) is 27.2 Å². The van der Waals surface area contributed by atoms with Crippen molar-refractivity contribution in [2.24, 2.45) is 5.92 Å². The van der Waals surface area contributed by atoms with Crippen molar-refractivity contribution in [3.8, 4) is 11.3 Å². The molecule has 2 amide bonds. The molecule has 150 valence electrons. The van der Waals surface area contributed by atoms with Gasteiger partial charge in [-0.25, -0.2) is 0 Å². The Morgan fingerprint density at radius 1 is 1.32 bits per heavy atom. The number of aromatic nitrogens is 1. The van der Waals surface area contributed by atoms with Crippen molar-refractivity contribution in [3.05, 3.63) is 41.7 Å². The maximum atomic E-state index is 12.6. The van der Waals surface area contributed by atoms with Crippen LogP contribution in [0.4, 0.5) is 0 Å². The zero-order chi connectivity index (χ0) is 20.5. The van der Waals surface area contributed by atoms with Crippen molar-refractivity contribution < 1.29 is 19.2 Å². The smallest absolute Gasteiger partial charge is 0.292 e. The average molecular weight is 385 g/mol. The SMILES string of the molecule is CCC(C(=O)NC1(C)CN(C(=O)c2cc(-c3ccc(C)cc3)no2)C1)C(C)O. The lowest BCUT2D eigenvalue weighted by atomic mass is 9.89. The number of nitrogens with one attached hydrogen (secondary N) is 1. The van der Waals surface area contributed by atoms with Crippen LogP contribution in [0.5, 0.6) is 0 Å². The summed E-state index contributed by atoms with van der Waals surface area (Å²) in [5.74, 6) is -0.708. The van der Waals surface area contributed by atoms with Crippen LogP contribution in [0.1, 0.15) is 43.3 Å². The maximum Gasteiger partial charge on any atom is 0.292 e. The van der Waals surface area contributed by atoms with Crippen LogP contribution in [0, 0.1) is 12.8 Å². The fraction of sp³-hybridized carbons (Fsp3) is 0.476. The lowest BCUT2D eigenvalue weighted by Gasteiger charge is -2.48. The van der Waals surface area contributed by atoms with Crippen molar-refractivity contribution in [2.75, 3.05) is 13.1 Å². The Hall–Kier alpha value is -2.67.